The number of rotatable bonds is 9. The van der Waals surface area contributed by atoms with Gasteiger partial charge in [0.15, 0.2) is 0 Å². The number of hydrogen-bond acceptors (Lipinski definition) is 4. The smallest absolute Gasteiger partial charge is 0.303 e. The second kappa shape index (κ2) is 8.94. The highest BCUT2D eigenvalue weighted by Gasteiger charge is 2.41. The molecule has 0 heterocycles. The number of Topliss-reactive ketones (excluding diaryl/α,β-unsaturated/α-hetero) is 1. The zero-order valence-corrected chi connectivity index (χ0v) is 13.9. The van der Waals surface area contributed by atoms with Gasteiger partial charge in [-0.2, -0.15) is 0 Å². The number of benzene rings is 1. The Labute approximate surface area is 142 Å². The van der Waals surface area contributed by atoms with Crippen LogP contribution in [-0.2, 0) is 16.2 Å². The van der Waals surface area contributed by atoms with E-state index >= 15 is 0 Å². The molecule has 0 amide bonds. The Morgan fingerprint density at radius 3 is 2.38 bits per heavy atom. The molecule has 1 aromatic rings. The van der Waals surface area contributed by atoms with Gasteiger partial charge >= 0.3 is 5.97 Å². The average Bonchev–Trinajstić information content (AvgIpc) is 2.84. The molecule has 1 fully saturated rings. The number of carboxylic acid groups (broad SMARTS) is 1. The third kappa shape index (κ3) is 4.89. The Morgan fingerprint density at radius 1 is 1.08 bits per heavy atom. The number of hydrogen-bond donors (Lipinski definition) is 3. The van der Waals surface area contributed by atoms with E-state index in [2.05, 4.69) is 0 Å². The van der Waals surface area contributed by atoms with Crippen molar-refractivity contribution >= 4 is 11.8 Å². The number of carboxylic acids is 1. The molecule has 0 bridgehead atoms. The van der Waals surface area contributed by atoms with Gasteiger partial charge in [-0.3, -0.25) is 9.59 Å². The minimum Gasteiger partial charge on any atom is -0.481 e. The lowest BCUT2D eigenvalue weighted by Crippen LogP contribution is -2.18. The molecule has 0 spiro atoms. The normalized spacial score (nSPS) is 23.6. The molecular weight excluding hydrogens is 308 g/mol. The van der Waals surface area contributed by atoms with Crippen molar-refractivity contribution in [2.45, 2.75) is 63.6 Å². The quantitative estimate of drug-likeness (QED) is 0.604. The number of unbranched alkanes of at least 4 members (excludes halogenated alkanes) is 3. The summed E-state index contributed by atoms with van der Waals surface area (Å²) in [5.41, 5.74) is 1.76. The van der Waals surface area contributed by atoms with Crippen molar-refractivity contribution in [3.8, 4) is 0 Å². The van der Waals surface area contributed by atoms with Crippen LogP contribution in [0.5, 0.6) is 0 Å². The van der Waals surface area contributed by atoms with Crippen molar-refractivity contribution in [2.75, 3.05) is 0 Å². The highest BCUT2D eigenvalue weighted by Crippen LogP contribution is 2.40. The van der Waals surface area contributed by atoms with Gasteiger partial charge in [0.2, 0.25) is 0 Å². The molecule has 1 aliphatic rings. The fraction of sp³-hybridized carbons (Fsp3) is 0.579. The molecule has 0 radical (unpaired) electrons. The molecule has 3 unspecified atom stereocenters. The lowest BCUT2D eigenvalue weighted by Gasteiger charge is -2.21. The van der Waals surface area contributed by atoms with Crippen molar-refractivity contribution in [2.24, 2.45) is 5.92 Å². The molecule has 0 saturated heterocycles. The van der Waals surface area contributed by atoms with Crippen molar-refractivity contribution < 1.29 is 24.9 Å². The van der Waals surface area contributed by atoms with E-state index in [4.69, 9.17) is 10.2 Å². The van der Waals surface area contributed by atoms with Crippen LogP contribution in [0.1, 0.15) is 62.0 Å². The van der Waals surface area contributed by atoms with Crippen molar-refractivity contribution in [1.29, 1.82) is 0 Å². The summed E-state index contributed by atoms with van der Waals surface area (Å²) in [5.74, 6) is -0.997. The van der Waals surface area contributed by atoms with Crippen LogP contribution in [0.25, 0.3) is 0 Å². The average molecular weight is 334 g/mol. The van der Waals surface area contributed by atoms with E-state index < -0.39 is 12.1 Å². The topological polar surface area (TPSA) is 94.8 Å². The first-order chi connectivity index (χ1) is 11.5. The Bertz CT molecular complexity index is 551. The molecule has 1 aliphatic carbocycles. The van der Waals surface area contributed by atoms with E-state index in [1.165, 1.54) is 0 Å². The van der Waals surface area contributed by atoms with Gasteiger partial charge in [0, 0.05) is 24.7 Å². The minimum absolute atomic E-state index is 0.0216. The monoisotopic (exact) mass is 334 g/mol. The van der Waals surface area contributed by atoms with Gasteiger partial charge in [-0.25, -0.2) is 0 Å². The van der Waals surface area contributed by atoms with E-state index in [1.807, 2.05) is 24.3 Å². The molecule has 0 aromatic heterocycles. The fourth-order valence-electron chi connectivity index (χ4n) is 3.59. The number of carbonyl (C=O) groups is 2. The number of aliphatic hydroxyl groups excluding tert-OH is 2. The minimum atomic E-state index is -0.768. The second-order valence-electron chi connectivity index (χ2n) is 6.62. The third-order valence-electron chi connectivity index (χ3n) is 4.87. The van der Waals surface area contributed by atoms with Gasteiger partial charge in [-0.05, 0) is 24.0 Å². The maximum absolute atomic E-state index is 12.2. The molecular formula is C19H26O5. The Morgan fingerprint density at radius 2 is 1.75 bits per heavy atom. The van der Waals surface area contributed by atoms with Crippen LogP contribution in [0.4, 0.5) is 0 Å². The number of aliphatic carboxylic acids is 1. The summed E-state index contributed by atoms with van der Waals surface area (Å²) in [4.78, 5) is 22.7. The standard InChI is InChI=1S/C19H26O5/c20-12-13-7-9-14(10-8-13)19-15(16(21)11-17(19)22)5-3-1-2-4-6-18(23)24/h7-10,15,17,19-20,22H,1-6,11-12H2,(H,23,24). The second-order valence-corrected chi connectivity index (χ2v) is 6.62. The number of carbonyl (C=O) groups excluding carboxylic acids is 1. The molecule has 5 heteroatoms. The zero-order chi connectivity index (χ0) is 17.5. The van der Waals surface area contributed by atoms with Gasteiger partial charge in [0.05, 0.1) is 12.7 Å². The summed E-state index contributed by atoms with van der Waals surface area (Å²) >= 11 is 0. The fourth-order valence-corrected chi connectivity index (χ4v) is 3.59. The lowest BCUT2D eigenvalue weighted by atomic mass is 9.84. The molecule has 2 rings (SSSR count). The lowest BCUT2D eigenvalue weighted by molar-refractivity contribution is -0.137. The summed E-state index contributed by atoms with van der Waals surface area (Å²) < 4.78 is 0. The summed E-state index contributed by atoms with van der Waals surface area (Å²) in [6.07, 6.45) is 3.78. The molecule has 1 saturated carbocycles. The Balaban J connectivity index is 1.90. The summed E-state index contributed by atoms with van der Waals surface area (Å²) in [5, 5.41) is 28.0. The van der Waals surface area contributed by atoms with Crippen LogP contribution in [0.15, 0.2) is 24.3 Å². The Hall–Kier alpha value is -1.72. The summed E-state index contributed by atoms with van der Waals surface area (Å²) in [6, 6.07) is 7.43. The van der Waals surface area contributed by atoms with Crippen molar-refractivity contribution in [3.05, 3.63) is 35.4 Å². The van der Waals surface area contributed by atoms with Gasteiger partial charge in [0.25, 0.3) is 0 Å². The highest BCUT2D eigenvalue weighted by molar-refractivity contribution is 5.85. The highest BCUT2D eigenvalue weighted by atomic mass is 16.4. The SMILES string of the molecule is O=C(O)CCCCCCC1C(=O)CC(O)C1c1ccc(CO)cc1. The molecule has 24 heavy (non-hydrogen) atoms. The first kappa shape index (κ1) is 18.6. The summed E-state index contributed by atoms with van der Waals surface area (Å²) in [7, 11) is 0. The molecule has 3 N–H and O–H groups in total. The van der Waals surface area contributed by atoms with Crippen LogP contribution in [0, 0.1) is 5.92 Å². The van der Waals surface area contributed by atoms with Crippen LogP contribution in [0.3, 0.4) is 0 Å². The first-order valence-corrected chi connectivity index (χ1v) is 8.65. The van der Waals surface area contributed by atoms with E-state index in [9.17, 15) is 14.7 Å². The maximum Gasteiger partial charge on any atom is 0.303 e. The van der Waals surface area contributed by atoms with Gasteiger partial charge in [0.1, 0.15) is 5.78 Å². The van der Waals surface area contributed by atoms with Crippen LogP contribution < -0.4 is 0 Å². The molecule has 3 atom stereocenters. The van der Waals surface area contributed by atoms with E-state index in [-0.39, 0.29) is 37.1 Å². The van der Waals surface area contributed by atoms with E-state index in [1.54, 1.807) is 0 Å². The Kier molecular flexibility index (Phi) is 6.94. The molecule has 132 valence electrons. The van der Waals surface area contributed by atoms with Crippen LogP contribution >= 0.6 is 0 Å². The predicted octanol–water partition coefficient (Wildman–Crippen LogP) is 2.64. The van der Waals surface area contributed by atoms with Crippen molar-refractivity contribution in [1.82, 2.24) is 0 Å². The van der Waals surface area contributed by atoms with Gasteiger partial charge in [-0.15, -0.1) is 0 Å². The summed E-state index contributed by atoms with van der Waals surface area (Å²) in [6.45, 7) is -0.0216. The van der Waals surface area contributed by atoms with Crippen LogP contribution in [0.2, 0.25) is 0 Å². The van der Waals surface area contributed by atoms with Crippen LogP contribution in [-0.4, -0.2) is 33.2 Å². The first-order valence-electron chi connectivity index (χ1n) is 8.65. The molecule has 5 nitrogen and oxygen atoms in total. The van der Waals surface area contributed by atoms with Crippen molar-refractivity contribution in [3.63, 3.8) is 0 Å². The number of ketones is 1. The molecule has 0 aliphatic heterocycles. The maximum atomic E-state index is 12.2. The number of aliphatic hydroxyl groups is 2. The largest absolute Gasteiger partial charge is 0.481 e. The molecule has 1 aromatic carbocycles. The van der Waals surface area contributed by atoms with Gasteiger partial charge in [-0.1, -0.05) is 43.5 Å². The van der Waals surface area contributed by atoms with E-state index in [0.29, 0.717) is 6.42 Å². The zero-order valence-electron chi connectivity index (χ0n) is 13.9. The third-order valence-corrected chi connectivity index (χ3v) is 4.87. The van der Waals surface area contributed by atoms with E-state index in [0.717, 1.165) is 36.8 Å². The van der Waals surface area contributed by atoms with Gasteiger partial charge < -0.3 is 15.3 Å². The predicted molar refractivity (Wildman–Crippen MR) is 89.6 cm³/mol.